The lowest BCUT2D eigenvalue weighted by Gasteiger charge is -2.20. The molecule has 0 saturated carbocycles. The molecule has 0 radical (unpaired) electrons. The van der Waals surface area contributed by atoms with E-state index in [1.807, 2.05) is 11.4 Å². The predicted molar refractivity (Wildman–Crippen MR) is 70.8 cm³/mol. The van der Waals surface area contributed by atoms with Gasteiger partial charge in [-0.05, 0) is 37.9 Å². The van der Waals surface area contributed by atoms with E-state index in [0.29, 0.717) is 17.5 Å². The van der Waals surface area contributed by atoms with E-state index in [0.717, 1.165) is 18.7 Å². The quantitative estimate of drug-likeness (QED) is 0.731. The van der Waals surface area contributed by atoms with Crippen molar-refractivity contribution in [3.05, 3.63) is 21.9 Å². The molecule has 1 aromatic rings. The van der Waals surface area contributed by atoms with E-state index in [-0.39, 0.29) is 0 Å². The second-order valence-corrected chi connectivity index (χ2v) is 5.25. The minimum Gasteiger partial charge on any atom is -0.477 e. The number of nitrogens with zero attached hydrogens (tertiary/aromatic N) is 1. The van der Waals surface area contributed by atoms with E-state index >= 15 is 0 Å². The van der Waals surface area contributed by atoms with Crippen LogP contribution in [0.3, 0.4) is 0 Å². The lowest BCUT2D eigenvalue weighted by atomic mass is 10.2. The third-order valence-corrected chi connectivity index (χ3v) is 3.72. The highest BCUT2D eigenvalue weighted by Gasteiger charge is 2.10. The van der Waals surface area contributed by atoms with E-state index in [2.05, 4.69) is 31.1 Å². The Hall–Kier alpha value is -0.910. The predicted octanol–water partition coefficient (Wildman–Crippen LogP) is 1.88. The monoisotopic (exact) mass is 256 g/mol. The van der Waals surface area contributed by atoms with Crippen molar-refractivity contribution in [1.82, 2.24) is 10.2 Å². The molecule has 5 heteroatoms. The van der Waals surface area contributed by atoms with Crippen molar-refractivity contribution in [3.8, 4) is 0 Å². The van der Waals surface area contributed by atoms with Gasteiger partial charge >= 0.3 is 5.97 Å². The second-order valence-electron chi connectivity index (χ2n) is 4.33. The van der Waals surface area contributed by atoms with Crippen molar-refractivity contribution in [1.29, 1.82) is 0 Å². The molecule has 0 aliphatic heterocycles. The Morgan fingerprint density at radius 3 is 2.88 bits per heavy atom. The maximum atomic E-state index is 10.9. The third-order valence-electron chi connectivity index (χ3n) is 2.78. The Kier molecular flexibility index (Phi) is 5.61. The zero-order valence-corrected chi connectivity index (χ0v) is 11.4. The van der Waals surface area contributed by atoms with Gasteiger partial charge in [-0.15, -0.1) is 11.3 Å². The van der Waals surface area contributed by atoms with Crippen molar-refractivity contribution in [2.24, 2.45) is 0 Å². The highest BCUT2D eigenvalue weighted by Crippen LogP contribution is 2.16. The number of rotatable bonds is 7. The zero-order chi connectivity index (χ0) is 12.8. The number of aromatic carboxylic acids is 1. The van der Waals surface area contributed by atoms with Crippen molar-refractivity contribution in [2.75, 3.05) is 20.1 Å². The fraction of sp³-hybridized carbons (Fsp3) is 0.583. The number of hydrogen-bond acceptors (Lipinski definition) is 4. The Morgan fingerprint density at radius 2 is 2.29 bits per heavy atom. The summed E-state index contributed by atoms with van der Waals surface area (Å²) in [6, 6.07) is 2.40. The van der Waals surface area contributed by atoms with Crippen molar-refractivity contribution in [2.45, 2.75) is 26.4 Å². The first-order chi connectivity index (χ1) is 8.02. The lowest BCUT2D eigenvalue weighted by Crippen LogP contribution is -2.33. The zero-order valence-electron chi connectivity index (χ0n) is 10.6. The van der Waals surface area contributed by atoms with E-state index in [9.17, 15) is 4.79 Å². The topological polar surface area (TPSA) is 52.6 Å². The third kappa shape index (κ3) is 4.46. The van der Waals surface area contributed by atoms with Crippen LogP contribution in [0, 0.1) is 0 Å². The summed E-state index contributed by atoms with van der Waals surface area (Å²) in [4.78, 5) is 13.6. The van der Waals surface area contributed by atoms with Gasteiger partial charge in [-0.25, -0.2) is 4.79 Å². The normalized spacial score (nSPS) is 11.4. The summed E-state index contributed by atoms with van der Waals surface area (Å²) in [5.74, 6) is -0.837. The van der Waals surface area contributed by atoms with E-state index in [1.54, 1.807) is 0 Å². The van der Waals surface area contributed by atoms with Gasteiger partial charge in [0.25, 0.3) is 0 Å². The average molecular weight is 256 g/mol. The Balaban J connectivity index is 2.31. The number of thiophene rings is 1. The fourth-order valence-electron chi connectivity index (χ4n) is 1.40. The van der Waals surface area contributed by atoms with Crippen molar-refractivity contribution < 1.29 is 9.90 Å². The molecule has 1 aromatic heterocycles. The SMILES string of the molecule is CC(C)N(C)CCNCc1ccsc1C(=O)O. The first-order valence-corrected chi connectivity index (χ1v) is 6.61. The minimum atomic E-state index is -0.837. The van der Waals surface area contributed by atoms with Crippen LogP contribution in [0.1, 0.15) is 29.1 Å². The smallest absolute Gasteiger partial charge is 0.346 e. The molecule has 0 amide bonds. The van der Waals surface area contributed by atoms with Crippen LogP contribution in [-0.2, 0) is 6.54 Å². The van der Waals surface area contributed by atoms with Crippen molar-refractivity contribution >= 4 is 17.3 Å². The van der Waals surface area contributed by atoms with Crippen LogP contribution < -0.4 is 5.32 Å². The van der Waals surface area contributed by atoms with Crippen LogP contribution in [0.5, 0.6) is 0 Å². The molecule has 0 aromatic carbocycles. The molecule has 1 rings (SSSR count). The van der Waals surface area contributed by atoms with Gasteiger partial charge < -0.3 is 15.3 Å². The molecule has 0 atom stereocenters. The first kappa shape index (κ1) is 14.2. The molecule has 0 spiro atoms. The number of hydrogen-bond donors (Lipinski definition) is 2. The second kappa shape index (κ2) is 6.74. The van der Waals surface area contributed by atoms with Crippen molar-refractivity contribution in [3.63, 3.8) is 0 Å². The number of carboxylic acid groups (broad SMARTS) is 1. The molecular weight excluding hydrogens is 236 g/mol. The number of nitrogens with one attached hydrogen (secondary N) is 1. The van der Waals surface area contributed by atoms with Gasteiger partial charge in [0.1, 0.15) is 4.88 Å². The summed E-state index contributed by atoms with van der Waals surface area (Å²) in [5, 5.41) is 14.0. The summed E-state index contributed by atoms with van der Waals surface area (Å²) in [6.07, 6.45) is 0. The lowest BCUT2D eigenvalue weighted by molar-refractivity contribution is 0.0701. The standard InChI is InChI=1S/C12H20N2O2S/c1-9(2)14(3)6-5-13-8-10-4-7-17-11(10)12(15)16/h4,7,9,13H,5-6,8H2,1-3H3,(H,15,16). The van der Waals surface area contributed by atoms with Gasteiger partial charge in [-0.2, -0.15) is 0 Å². The molecule has 4 nitrogen and oxygen atoms in total. The Labute approximate surface area is 106 Å². The highest BCUT2D eigenvalue weighted by atomic mass is 32.1. The Bertz CT molecular complexity index is 363. The van der Waals surface area contributed by atoms with Gasteiger partial charge in [0.05, 0.1) is 0 Å². The van der Waals surface area contributed by atoms with Crippen LogP contribution >= 0.6 is 11.3 Å². The van der Waals surface area contributed by atoms with Crippen LogP contribution in [0.4, 0.5) is 0 Å². The first-order valence-electron chi connectivity index (χ1n) is 5.73. The van der Waals surface area contributed by atoms with Crippen LogP contribution in [0.2, 0.25) is 0 Å². The van der Waals surface area contributed by atoms with Gasteiger partial charge in [0, 0.05) is 25.7 Å². The maximum absolute atomic E-state index is 10.9. The molecule has 0 saturated heterocycles. The number of carboxylic acids is 1. The highest BCUT2D eigenvalue weighted by molar-refractivity contribution is 7.12. The molecule has 0 unspecified atom stereocenters. The van der Waals surface area contributed by atoms with Gasteiger partial charge in [-0.3, -0.25) is 0 Å². The van der Waals surface area contributed by atoms with E-state index in [4.69, 9.17) is 5.11 Å². The molecular formula is C12H20N2O2S. The average Bonchev–Trinajstić information content (AvgIpc) is 2.72. The summed E-state index contributed by atoms with van der Waals surface area (Å²) in [6.45, 7) is 6.76. The van der Waals surface area contributed by atoms with Gasteiger partial charge in [0.15, 0.2) is 0 Å². The molecule has 2 N–H and O–H groups in total. The number of likely N-dealkylation sites (N-methyl/N-ethyl adjacent to an activating group) is 1. The summed E-state index contributed by atoms with van der Waals surface area (Å²) >= 11 is 1.28. The van der Waals surface area contributed by atoms with Gasteiger partial charge in [0.2, 0.25) is 0 Å². The van der Waals surface area contributed by atoms with Crippen LogP contribution in [0.25, 0.3) is 0 Å². The number of carbonyl (C=O) groups is 1. The molecule has 1 heterocycles. The van der Waals surface area contributed by atoms with Gasteiger partial charge in [-0.1, -0.05) is 0 Å². The molecule has 0 fully saturated rings. The Morgan fingerprint density at radius 1 is 1.59 bits per heavy atom. The molecule has 17 heavy (non-hydrogen) atoms. The molecule has 96 valence electrons. The summed E-state index contributed by atoms with van der Waals surface area (Å²) < 4.78 is 0. The molecule has 0 bridgehead atoms. The van der Waals surface area contributed by atoms with E-state index < -0.39 is 5.97 Å². The maximum Gasteiger partial charge on any atom is 0.346 e. The summed E-state index contributed by atoms with van der Waals surface area (Å²) in [5.41, 5.74) is 0.870. The largest absolute Gasteiger partial charge is 0.477 e. The summed E-state index contributed by atoms with van der Waals surface area (Å²) in [7, 11) is 2.08. The molecule has 0 aliphatic rings. The molecule has 0 aliphatic carbocycles. The van der Waals surface area contributed by atoms with Crippen LogP contribution in [-0.4, -0.2) is 42.2 Å². The minimum absolute atomic E-state index is 0.440. The van der Waals surface area contributed by atoms with Crippen LogP contribution in [0.15, 0.2) is 11.4 Å². The van der Waals surface area contributed by atoms with E-state index in [1.165, 1.54) is 11.3 Å². The fourth-order valence-corrected chi connectivity index (χ4v) is 2.16.